The van der Waals surface area contributed by atoms with E-state index in [2.05, 4.69) is 5.92 Å². The Kier molecular flexibility index (Phi) is 2.28. The Balaban J connectivity index is 2.92. The average molecular weight is 148 g/mol. The molecule has 0 aliphatic heterocycles. The molecule has 0 amide bonds. The third kappa shape index (κ3) is 1.81. The molecule has 0 spiro atoms. The molecule has 1 aromatic carbocycles. The number of rotatable bonds is 1. The van der Waals surface area contributed by atoms with E-state index in [4.69, 9.17) is 6.42 Å². The van der Waals surface area contributed by atoms with Crippen molar-refractivity contribution in [1.82, 2.24) is 0 Å². The normalized spacial score (nSPS) is 12.1. The van der Waals surface area contributed by atoms with Crippen LogP contribution in [0.15, 0.2) is 24.3 Å². The first kappa shape index (κ1) is 7.81. The van der Waals surface area contributed by atoms with Crippen molar-refractivity contribution < 1.29 is 4.39 Å². The van der Waals surface area contributed by atoms with Crippen LogP contribution < -0.4 is 0 Å². The zero-order valence-electron chi connectivity index (χ0n) is 6.34. The fourth-order valence-corrected chi connectivity index (χ4v) is 0.848. The first-order valence-corrected chi connectivity index (χ1v) is 3.45. The van der Waals surface area contributed by atoms with Gasteiger partial charge < -0.3 is 0 Å². The molecule has 56 valence electrons. The Labute approximate surface area is 66.1 Å². The average Bonchev–Trinajstić information content (AvgIpc) is 2.05. The van der Waals surface area contributed by atoms with Gasteiger partial charge in [-0.1, -0.05) is 18.1 Å². The molecule has 0 aliphatic carbocycles. The summed E-state index contributed by atoms with van der Waals surface area (Å²) >= 11 is 0. The van der Waals surface area contributed by atoms with E-state index in [1.807, 2.05) is 6.92 Å². The second-order valence-corrected chi connectivity index (χ2v) is 2.44. The molecule has 0 nitrogen and oxygen atoms in total. The van der Waals surface area contributed by atoms with Crippen molar-refractivity contribution in [3.8, 4) is 12.3 Å². The van der Waals surface area contributed by atoms with Gasteiger partial charge >= 0.3 is 0 Å². The first-order valence-electron chi connectivity index (χ1n) is 3.45. The van der Waals surface area contributed by atoms with Crippen LogP contribution in [0.5, 0.6) is 0 Å². The smallest absolute Gasteiger partial charge is 0.123 e. The monoisotopic (exact) mass is 148 g/mol. The lowest BCUT2D eigenvalue weighted by molar-refractivity contribution is 0.627. The van der Waals surface area contributed by atoms with Gasteiger partial charge in [-0.05, 0) is 24.6 Å². The topological polar surface area (TPSA) is 0 Å². The van der Waals surface area contributed by atoms with Crippen LogP contribution in [0, 0.1) is 18.2 Å². The second kappa shape index (κ2) is 3.21. The molecule has 11 heavy (non-hydrogen) atoms. The van der Waals surface area contributed by atoms with E-state index in [9.17, 15) is 4.39 Å². The summed E-state index contributed by atoms with van der Waals surface area (Å²) in [5, 5.41) is 0. The molecule has 1 unspecified atom stereocenters. The summed E-state index contributed by atoms with van der Waals surface area (Å²) in [6.45, 7) is 1.91. The molecule has 0 bridgehead atoms. The van der Waals surface area contributed by atoms with Gasteiger partial charge in [0, 0.05) is 5.92 Å². The Morgan fingerprint density at radius 1 is 1.36 bits per heavy atom. The fourth-order valence-electron chi connectivity index (χ4n) is 0.848. The summed E-state index contributed by atoms with van der Waals surface area (Å²) in [7, 11) is 0. The quantitative estimate of drug-likeness (QED) is 0.537. The van der Waals surface area contributed by atoms with Gasteiger partial charge in [0.15, 0.2) is 0 Å². The predicted octanol–water partition coefficient (Wildman–Crippen LogP) is 2.56. The Morgan fingerprint density at radius 2 is 1.91 bits per heavy atom. The standard InChI is InChI=1S/C10H9F/c1-3-8(2)9-4-6-10(11)7-5-9/h1,4-8H,2H3. The van der Waals surface area contributed by atoms with E-state index >= 15 is 0 Å². The summed E-state index contributed by atoms with van der Waals surface area (Å²) in [4.78, 5) is 0. The summed E-state index contributed by atoms with van der Waals surface area (Å²) in [5.74, 6) is 2.42. The van der Waals surface area contributed by atoms with Crippen LogP contribution in [-0.2, 0) is 0 Å². The summed E-state index contributed by atoms with van der Waals surface area (Å²) < 4.78 is 12.4. The number of hydrogen-bond donors (Lipinski definition) is 0. The molecule has 0 N–H and O–H groups in total. The lowest BCUT2D eigenvalue weighted by Crippen LogP contribution is -1.88. The number of hydrogen-bond acceptors (Lipinski definition) is 0. The molecule has 0 aromatic heterocycles. The second-order valence-electron chi connectivity index (χ2n) is 2.44. The Bertz CT molecular complexity index is 266. The maximum atomic E-state index is 12.4. The number of terminal acetylenes is 1. The van der Waals surface area contributed by atoms with Crippen molar-refractivity contribution >= 4 is 0 Å². The molecule has 1 rings (SSSR count). The van der Waals surface area contributed by atoms with Gasteiger partial charge in [-0.2, -0.15) is 0 Å². The van der Waals surface area contributed by atoms with Gasteiger partial charge in [-0.25, -0.2) is 4.39 Å². The summed E-state index contributed by atoms with van der Waals surface area (Å²) in [6.07, 6.45) is 5.20. The van der Waals surface area contributed by atoms with E-state index in [1.165, 1.54) is 12.1 Å². The summed E-state index contributed by atoms with van der Waals surface area (Å²) in [5.41, 5.74) is 0.980. The van der Waals surface area contributed by atoms with Crippen LogP contribution in [0.2, 0.25) is 0 Å². The van der Waals surface area contributed by atoms with Crippen molar-refractivity contribution in [1.29, 1.82) is 0 Å². The third-order valence-corrected chi connectivity index (χ3v) is 1.62. The molecule has 0 aliphatic rings. The van der Waals surface area contributed by atoms with Crippen LogP contribution in [0.4, 0.5) is 4.39 Å². The van der Waals surface area contributed by atoms with Crippen molar-refractivity contribution in [2.75, 3.05) is 0 Å². The number of halogens is 1. The van der Waals surface area contributed by atoms with Crippen LogP contribution in [0.1, 0.15) is 18.4 Å². The van der Waals surface area contributed by atoms with Crippen LogP contribution in [-0.4, -0.2) is 0 Å². The van der Waals surface area contributed by atoms with Gasteiger partial charge in [0.25, 0.3) is 0 Å². The molecule has 1 aromatic rings. The van der Waals surface area contributed by atoms with Crippen molar-refractivity contribution in [2.45, 2.75) is 12.8 Å². The molecular formula is C10H9F. The molecule has 0 fully saturated rings. The zero-order chi connectivity index (χ0) is 8.27. The lowest BCUT2D eigenvalue weighted by atomic mass is 10.0. The molecule has 0 saturated carbocycles. The van der Waals surface area contributed by atoms with E-state index in [0.717, 1.165) is 5.56 Å². The van der Waals surface area contributed by atoms with Crippen LogP contribution in [0.25, 0.3) is 0 Å². The fraction of sp³-hybridized carbons (Fsp3) is 0.200. The first-order chi connectivity index (χ1) is 5.24. The maximum Gasteiger partial charge on any atom is 0.123 e. The van der Waals surface area contributed by atoms with Gasteiger partial charge in [-0.15, -0.1) is 6.42 Å². The van der Waals surface area contributed by atoms with Crippen molar-refractivity contribution in [3.05, 3.63) is 35.6 Å². The van der Waals surface area contributed by atoms with Gasteiger partial charge in [-0.3, -0.25) is 0 Å². The predicted molar refractivity (Wildman–Crippen MR) is 43.6 cm³/mol. The Hall–Kier alpha value is -1.29. The van der Waals surface area contributed by atoms with Crippen molar-refractivity contribution in [3.63, 3.8) is 0 Å². The highest BCUT2D eigenvalue weighted by Crippen LogP contribution is 2.13. The largest absolute Gasteiger partial charge is 0.207 e. The molecule has 0 saturated heterocycles. The zero-order valence-corrected chi connectivity index (χ0v) is 6.34. The minimum atomic E-state index is -0.224. The van der Waals surface area contributed by atoms with E-state index in [0.29, 0.717) is 0 Å². The molecule has 0 heterocycles. The molecular weight excluding hydrogens is 139 g/mol. The molecule has 1 heteroatoms. The lowest BCUT2D eigenvalue weighted by Gasteiger charge is -2.02. The van der Waals surface area contributed by atoms with Gasteiger partial charge in [0.1, 0.15) is 5.82 Å². The van der Waals surface area contributed by atoms with E-state index in [-0.39, 0.29) is 11.7 Å². The van der Waals surface area contributed by atoms with Gasteiger partial charge in [0.2, 0.25) is 0 Å². The third-order valence-electron chi connectivity index (χ3n) is 1.62. The Morgan fingerprint density at radius 3 is 2.36 bits per heavy atom. The van der Waals surface area contributed by atoms with E-state index < -0.39 is 0 Å². The number of benzene rings is 1. The SMILES string of the molecule is C#CC(C)c1ccc(F)cc1. The minimum Gasteiger partial charge on any atom is -0.207 e. The minimum absolute atomic E-state index is 0.0654. The molecule has 0 radical (unpaired) electrons. The summed E-state index contributed by atoms with van der Waals surface area (Å²) in [6, 6.07) is 6.26. The maximum absolute atomic E-state index is 12.4. The highest BCUT2D eigenvalue weighted by Gasteiger charge is 1.99. The van der Waals surface area contributed by atoms with E-state index in [1.54, 1.807) is 12.1 Å². The van der Waals surface area contributed by atoms with Crippen LogP contribution in [0.3, 0.4) is 0 Å². The molecule has 1 atom stereocenters. The van der Waals surface area contributed by atoms with Crippen molar-refractivity contribution in [2.24, 2.45) is 0 Å². The van der Waals surface area contributed by atoms with Gasteiger partial charge in [0.05, 0.1) is 0 Å². The highest BCUT2D eigenvalue weighted by atomic mass is 19.1. The van der Waals surface area contributed by atoms with Crippen LogP contribution >= 0.6 is 0 Å². The highest BCUT2D eigenvalue weighted by molar-refractivity contribution is 5.25.